The average Bonchev–Trinajstić information content (AvgIpc) is 2.91. The van der Waals surface area contributed by atoms with Crippen molar-refractivity contribution < 1.29 is 45.5 Å². The third kappa shape index (κ3) is 9.34. The number of halogens is 7. The van der Waals surface area contributed by atoms with E-state index in [-0.39, 0.29) is 35.5 Å². The van der Waals surface area contributed by atoms with Gasteiger partial charge in [0.05, 0.1) is 17.2 Å². The monoisotopic (exact) mass is 735 g/mol. The maximum atomic E-state index is 13.2. The number of ether oxygens (including phenoxy) is 1. The molecule has 0 aliphatic rings. The van der Waals surface area contributed by atoms with Crippen LogP contribution in [0.3, 0.4) is 0 Å². The maximum Gasteiger partial charge on any atom is 0.407 e. The largest absolute Gasteiger partial charge is 0.447 e. The van der Waals surface area contributed by atoms with Crippen LogP contribution >= 0.6 is 22.6 Å². The smallest absolute Gasteiger partial charge is 0.407 e. The molecular weight excluding hydrogens is 707 g/mol. The van der Waals surface area contributed by atoms with Gasteiger partial charge in [-0.3, -0.25) is 9.59 Å². The first-order chi connectivity index (χ1) is 20.5. The summed E-state index contributed by atoms with van der Waals surface area (Å²) in [6, 6.07) is 13.6. The highest BCUT2D eigenvalue weighted by Gasteiger charge is 2.57. The molecule has 3 aromatic carbocycles. The van der Waals surface area contributed by atoms with E-state index < -0.39 is 47.8 Å². The molecule has 1 unspecified atom stereocenters. The van der Waals surface area contributed by atoms with Gasteiger partial charge in [-0.15, -0.1) is 0 Å². The van der Waals surface area contributed by atoms with Crippen molar-refractivity contribution in [1.29, 1.82) is 0 Å². The first-order valence-electron chi connectivity index (χ1n) is 13.1. The molecule has 0 aliphatic carbocycles. The van der Waals surface area contributed by atoms with E-state index in [1.165, 1.54) is 19.1 Å². The summed E-state index contributed by atoms with van der Waals surface area (Å²) in [5.74, 6) is -5.16. The van der Waals surface area contributed by atoms with Crippen molar-refractivity contribution in [2.75, 3.05) is 11.9 Å². The van der Waals surface area contributed by atoms with Crippen LogP contribution in [0.15, 0.2) is 60.7 Å². The molecule has 44 heavy (non-hydrogen) atoms. The number of hydrogen-bond acceptors (Lipinski definition) is 4. The molecule has 0 saturated heterocycles. The quantitative estimate of drug-likeness (QED) is 0.158. The minimum absolute atomic E-state index is 0.0234. The van der Waals surface area contributed by atoms with Gasteiger partial charge in [0.2, 0.25) is 0 Å². The van der Waals surface area contributed by atoms with Gasteiger partial charge in [-0.2, -0.15) is 26.3 Å². The van der Waals surface area contributed by atoms with Crippen molar-refractivity contribution in [3.05, 3.63) is 97.6 Å². The molecule has 0 heterocycles. The third-order valence-corrected chi connectivity index (χ3v) is 7.27. The summed E-state index contributed by atoms with van der Waals surface area (Å²) in [5, 5.41) is 7.71. The fraction of sp³-hybridized carbons (Fsp3) is 0.300. The number of carbonyl (C=O) groups is 3. The van der Waals surface area contributed by atoms with Crippen LogP contribution in [-0.2, 0) is 11.3 Å². The lowest BCUT2D eigenvalue weighted by atomic mass is 9.95. The number of benzene rings is 3. The van der Waals surface area contributed by atoms with Crippen molar-refractivity contribution in [2.24, 2.45) is 0 Å². The lowest BCUT2D eigenvalue weighted by Crippen LogP contribution is -2.39. The van der Waals surface area contributed by atoms with Crippen LogP contribution in [0.25, 0.3) is 0 Å². The SMILES string of the molecule is Cc1ccc(CNC(=O)OCC(C)NC(=O)c2c(I)cccc2C(=O)Nc2ccc(C(C(F)(F)F)C(F)(F)F)cc2C)cc1. The molecule has 14 heteroatoms. The molecular formula is C30H28F6IN3O4. The van der Waals surface area contributed by atoms with Crippen LogP contribution < -0.4 is 16.0 Å². The highest BCUT2D eigenvalue weighted by atomic mass is 127. The van der Waals surface area contributed by atoms with Crippen molar-refractivity contribution in [1.82, 2.24) is 10.6 Å². The van der Waals surface area contributed by atoms with Crippen LogP contribution in [0.4, 0.5) is 36.8 Å². The van der Waals surface area contributed by atoms with Crippen molar-refractivity contribution in [2.45, 2.75) is 51.6 Å². The van der Waals surface area contributed by atoms with E-state index in [1.807, 2.05) is 53.8 Å². The number of alkyl halides is 6. The van der Waals surface area contributed by atoms with Gasteiger partial charge in [0.1, 0.15) is 6.61 Å². The van der Waals surface area contributed by atoms with E-state index in [4.69, 9.17) is 4.74 Å². The Bertz CT molecular complexity index is 1500. The predicted molar refractivity (Wildman–Crippen MR) is 159 cm³/mol. The molecule has 0 radical (unpaired) electrons. The molecule has 3 rings (SSSR count). The van der Waals surface area contributed by atoms with E-state index in [0.717, 1.165) is 17.2 Å². The zero-order valence-corrected chi connectivity index (χ0v) is 25.8. The molecule has 0 fully saturated rings. The van der Waals surface area contributed by atoms with E-state index in [2.05, 4.69) is 16.0 Å². The van der Waals surface area contributed by atoms with Crippen LogP contribution in [0, 0.1) is 17.4 Å². The summed E-state index contributed by atoms with van der Waals surface area (Å²) in [7, 11) is 0. The minimum Gasteiger partial charge on any atom is -0.447 e. The highest BCUT2D eigenvalue weighted by Crippen LogP contribution is 2.46. The molecule has 0 spiro atoms. The van der Waals surface area contributed by atoms with E-state index in [1.54, 1.807) is 13.0 Å². The van der Waals surface area contributed by atoms with E-state index >= 15 is 0 Å². The lowest BCUT2D eigenvalue weighted by Gasteiger charge is -2.24. The number of carbonyl (C=O) groups excluding carboxylic acids is 3. The standard InChI is InChI=1S/C30H28F6IN3O4/c1-16-7-9-19(10-8-16)14-38-28(43)44-15-18(3)39-27(42)24-21(5-4-6-22(24)37)26(41)40-23-12-11-20(13-17(23)2)25(29(31,32)33)30(34,35)36/h4-13,18,25H,14-15H2,1-3H3,(H,38,43)(H,39,42)(H,40,41). The summed E-state index contributed by atoms with van der Waals surface area (Å²) in [5.41, 5.74) is 0.731. The predicted octanol–water partition coefficient (Wildman–Crippen LogP) is 7.41. The summed E-state index contributed by atoms with van der Waals surface area (Å²) in [6.07, 6.45) is -11.8. The average molecular weight is 735 g/mol. The molecule has 0 saturated carbocycles. The third-order valence-electron chi connectivity index (χ3n) is 6.37. The Morgan fingerprint density at radius 3 is 2.11 bits per heavy atom. The van der Waals surface area contributed by atoms with Crippen LogP contribution in [0.5, 0.6) is 0 Å². The number of amides is 3. The van der Waals surface area contributed by atoms with Gasteiger partial charge < -0.3 is 20.7 Å². The van der Waals surface area contributed by atoms with Crippen LogP contribution in [0.1, 0.15) is 55.8 Å². The summed E-state index contributed by atoms with van der Waals surface area (Å²) in [4.78, 5) is 38.4. The van der Waals surface area contributed by atoms with Crippen molar-refractivity contribution in [3.8, 4) is 0 Å². The van der Waals surface area contributed by atoms with Gasteiger partial charge >= 0.3 is 18.4 Å². The Labute approximate surface area is 262 Å². The molecule has 7 nitrogen and oxygen atoms in total. The second kappa shape index (κ2) is 14.3. The molecule has 1 atom stereocenters. The van der Waals surface area contributed by atoms with E-state index in [9.17, 15) is 40.7 Å². The second-order valence-electron chi connectivity index (χ2n) is 10.0. The normalized spacial score (nSPS) is 12.4. The number of alkyl carbamates (subject to hydrolysis) is 1. The fourth-order valence-corrected chi connectivity index (χ4v) is 4.92. The molecule has 3 amide bonds. The summed E-state index contributed by atoms with van der Waals surface area (Å²) >= 11 is 1.85. The molecule has 0 bridgehead atoms. The lowest BCUT2D eigenvalue weighted by molar-refractivity contribution is -0.253. The fourth-order valence-electron chi connectivity index (χ4n) is 4.17. The molecule has 3 aromatic rings. The first kappa shape index (κ1) is 34.7. The molecule has 236 valence electrons. The molecule has 3 N–H and O–H groups in total. The van der Waals surface area contributed by atoms with Gasteiger partial charge in [0, 0.05) is 15.8 Å². The number of aryl methyl sites for hydroxylation is 2. The van der Waals surface area contributed by atoms with Crippen LogP contribution in [0.2, 0.25) is 0 Å². The molecule has 0 aromatic heterocycles. The van der Waals surface area contributed by atoms with Gasteiger partial charge in [0.25, 0.3) is 11.8 Å². The Kier molecular flexibility index (Phi) is 11.3. The Morgan fingerprint density at radius 1 is 0.886 bits per heavy atom. The zero-order valence-electron chi connectivity index (χ0n) is 23.6. The zero-order chi connectivity index (χ0) is 32.8. The number of anilines is 1. The molecule has 0 aliphatic heterocycles. The first-order valence-corrected chi connectivity index (χ1v) is 14.2. The Balaban J connectivity index is 1.67. The summed E-state index contributed by atoms with van der Waals surface area (Å²) in [6.45, 7) is 4.84. The second-order valence-corrected chi connectivity index (χ2v) is 11.2. The van der Waals surface area contributed by atoms with Crippen molar-refractivity contribution in [3.63, 3.8) is 0 Å². The Hall–Kier alpha value is -3.82. The number of nitrogens with one attached hydrogen (secondary N) is 3. The maximum absolute atomic E-state index is 13.2. The minimum atomic E-state index is -5.56. The number of hydrogen-bond donors (Lipinski definition) is 3. The van der Waals surface area contributed by atoms with Crippen LogP contribution in [-0.4, -0.2) is 42.9 Å². The topological polar surface area (TPSA) is 96.5 Å². The van der Waals surface area contributed by atoms with Gasteiger partial charge in [-0.25, -0.2) is 4.79 Å². The van der Waals surface area contributed by atoms with Gasteiger partial charge in [-0.05, 0) is 78.3 Å². The summed E-state index contributed by atoms with van der Waals surface area (Å²) < 4.78 is 84.5. The van der Waals surface area contributed by atoms with Gasteiger partial charge in [-0.1, -0.05) is 48.0 Å². The Morgan fingerprint density at radius 2 is 1.52 bits per heavy atom. The number of rotatable bonds is 9. The van der Waals surface area contributed by atoms with E-state index in [0.29, 0.717) is 15.7 Å². The highest BCUT2D eigenvalue weighted by molar-refractivity contribution is 14.1. The van der Waals surface area contributed by atoms with Gasteiger partial charge in [0.15, 0.2) is 5.92 Å². The van der Waals surface area contributed by atoms with Crippen molar-refractivity contribution >= 4 is 46.2 Å².